The third-order valence-corrected chi connectivity index (χ3v) is 5.35. The van der Waals surface area contributed by atoms with Crippen LogP contribution < -0.4 is 11.2 Å². The summed E-state index contributed by atoms with van der Waals surface area (Å²) in [6.07, 6.45) is -4.30. The van der Waals surface area contributed by atoms with Gasteiger partial charge in [-0.2, -0.15) is 0 Å². The van der Waals surface area contributed by atoms with Gasteiger partial charge in [-0.25, -0.2) is 17.6 Å². The van der Waals surface area contributed by atoms with Crippen LogP contribution >= 0.6 is 0 Å². The highest BCUT2D eigenvalue weighted by atomic mass is 32.2. The average molecular weight is 408 g/mol. The number of carbonyl (C=O) groups is 2. The van der Waals surface area contributed by atoms with E-state index in [0.29, 0.717) is 10.8 Å². The van der Waals surface area contributed by atoms with Crippen molar-refractivity contribution in [1.29, 1.82) is 0 Å². The van der Waals surface area contributed by atoms with E-state index < -0.39 is 63.1 Å². The fourth-order valence-corrected chi connectivity index (χ4v) is 3.80. The maximum absolute atomic E-state index is 15.9. The molecule has 0 aliphatic carbocycles. The van der Waals surface area contributed by atoms with E-state index >= 15 is 4.39 Å². The Kier molecular flexibility index (Phi) is 5.56. The molecule has 0 unspecified atom stereocenters. The van der Waals surface area contributed by atoms with Gasteiger partial charge < -0.3 is 14.2 Å². The van der Waals surface area contributed by atoms with E-state index in [0.717, 1.165) is 26.1 Å². The number of nitrogens with one attached hydrogen (secondary N) is 1. The monoisotopic (exact) mass is 408 g/mol. The summed E-state index contributed by atoms with van der Waals surface area (Å²) in [5.41, 5.74) is -1.95. The summed E-state index contributed by atoms with van der Waals surface area (Å²) in [5.74, 6) is -1.79. The van der Waals surface area contributed by atoms with Crippen LogP contribution in [0.1, 0.15) is 20.1 Å². The standard InChI is InChI=1S/C14H17FN2O9S/c1-7(18)24-6-9-11(25-8(2)19)14(15,27(3,22)23)12(26-9)17-5-4-10(20)16-13(17)21/h4-5,9,11-12H,6H2,1-3H3,(H,16,20,21)/t9-,11-,12-,14+/m1/s1. The van der Waals surface area contributed by atoms with E-state index in [1.165, 1.54) is 0 Å². The second kappa shape index (κ2) is 7.23. The second-order valence-corrected chi connectivity index (χ2v) is 8.02. The van der Waals surface area contributed by atoms with E-state index in [9.17, 15) is 27.6 Å². The van der Waals surface area contributed by atoms with Crippen molar-refractivity contribution in [1.82, 2.24) is 9.55 Å². The van der Waals surface area contributed by atoms with Crippen LogP contribution in [0.4, 0.5) is 4.39 Å². The minimum atomic E-state index is -4.65. The molecule has 0 bridgehead atoms. The summed E-state index contributed by atoms with van der Waals surface area (Å²) in [6.45, 7) is 1.34. The Balaban J connectivity index is 2.63. The number of carbonyl (C=O) groups excluding carboxylic acids is 2. The van der Waals surface area contributed by atoms with E-state index in [2.05, 4.69) is 0 Å². The van der Waals surface area contributed by atoms with E-state index in [1.54, 1.807) is 0 Å². The third kappa shape index (κ3) is 3.93. The molecule has 1 saturated heterocycles. The van der Waals surface area contributed by atoms with Crippen molar-refractivity contribution in [3.8, 4) is 0 Å². The first-order chi connectivity index (χ1) is 12.4. The molecule has 0 amide bonds. The first kappa shape index (κ1) is 20.8. The molecular formula is C14H17FN2O9S. The zero-order valence-electron chi connectivity index (χ0n) is 14.5. The quantitative estimate of drug-likeness (QED) is 0.582. The van der Waals surface area contributed by atoms with E-state index in [4.69, 9.17) is 14.2 Å². The molecule has 150 valence electrons. The molecule has 11 nitrogen and oxygen atoms in total. The maximum atomic E-state index is 15.9. The molecule has 1 aliphatic rings. The second-order valence-electron chi connectivity index (χ2n) is 5.85. The number of hydrogen-bond acceptors (Lipinski definition) is 9. The SMILES string of the molecule is CC(=O)OC[C@H]1O[C@@H](n2ccc(=O)[nH]c2=O)[C@@](F)(S(C)(=O)=O)[C@@H]1OC(C)=O. The van der Waals surface area contributed by atoms with Gasteiger partial charge in [-0.15, -0.1) is 0 Å². The van der Waals surface area contributed by atoms with Gasteiger partial charge in [0.25, 0.3) is 10.6 Å². The summed E-state index contributed by atoms with van der Waals surface area (Å²) in [5, 5.41) is -3.40. The van der Waals surface area contributed by atoms with Crippen molar-refractivity contribution in [2.24, 2.45) is 0 Å². The number of halogens is 1. The molecule has 1 N–H and O–H groups in total. The highest BCUT2D eigenvalue weighted by molar-refractivity contribution is 7.92. The van der Waals surface area contributed by atoms with E-state index in [1.807, 2.05) is 4.98 Å². The predicted molar refractivity (Wildman–Crippen MR) is 86.1 cm³/mol. The molecule has 27 heavy (non-hydrogen) atoms. The molecule has 1 aromatic heterocycles. The van der Waals surface area contributed by atoms with Crippen LogP contribution in [0, 0.1) is 0 Å². The first-order valence-corrected chi connectivity index (χ1v) is 9.43. The minimum absolute atomic E-state index is 0.507. The van der Waals surface area contributed by atoms with E-state index in [-0.39, 0.29) is 0 Å². The fourth-order valence-electron chi connectivity index (χ4n) is 2.65. The van der Waals surface area contributed by atoms with Crippen molar-refractivity contribution in [3.63, 3.8) is 0 Å². The van der Waals surface area contributed by atoms with Gasteiger partial charge in [0, 0.05) is 32.4 Å². The van der Waals surface area contributed by atoms with Gasteiger partial charge in [0.2, 0.25) is 0 Å². The Morgan fingerprint density at radius 2 is 1.96 bits per heavy atom. The maximum Gasteiger partial charge on any atom is 0.330 e. The topological polar surface area (TPSA) is 151 Å². The van der Waals surface area contributed by atoms with Crippen molar-refractivity contribution in [3.05, 3.63) is 33.1 Å². The van der Waals surface area contributed by atoms with Crippen LogP contribution in [0.25, 0.3) is 0 Å². The summed E-state index contributed by atoms with van der Waals surface area (Å²) < 4.78 is 55.7. The van der Waals surface area contributed by atoms with Crippen molar-refractivity contribution in [2.45, 2.75) is 37.3 Å². The highest BCUT2D eigenvalue weighted by Gasteiger charge is 2.67. The Morgan fingerprint density at radius 3 is 2.44 bits per heavy atom. The van der Waals surface area contributed by atoms with Crippen molar-refractivity contribution < 1.29 is 36.6 Å². The predicted octanol–water partition coefficient (Wildman–Crippen LogP) is -1.36. The normalized spacial score (nSPS) is 27.9. The summed E-state index contributed by atoms with van der Waals surface area (Å²) in [4.78, 5) is 47.5. The van der Waals surface area contributed by atoms with Crippen LogP contribution in [0.5, 0.6) is 0 Å². The number of ether oxygens (including phenoxy) is 3. The molecule has 2 heterocycles. The van der Waals surface area contributed by atoms with Gasteiger partial charge >= 0.3 is 17.6 Å². The molecule has 0 radical (unpaired) electrons. The molecule has 1 fully saturated rings. The van der Waals surface area contributed by atoms with Crippen LogP contribution in [0.3, 0.4) is 0 Å². The lowest BCUT2D eigenvalue weighted by Crippen LogP contribution is -2.52. The summed E-state index contributed by atoms with van der Waals surface area (Å²) >= 11 is 0. The van der Waals surface area contributed by atoms with Gasteiger partial charge in [-0.05, 0) is 0 Å². The minimum Gasteiger partial charge on any atom is -0.463 e. The van der Waals surface area contributed by atoms with Gasteiger partial charge in [0.1, 0.15) is 12.7 Å². The van der Waals surface area contributed by atoms with Gasteiger partial charge in [0.15, 0.2) is 22.2 Å². The number of rotatable bonds is 5. The highest BCUT2D eigenvalue weighted by Crippen LogP contribution is 2.46. The lowest BCUT2D eigenvalue weighted by atomic mass is 10.1. The number of nitrogens with zero attached hydrogens (tertiary/aromatic N) is 1. The smallest absolute Gasteiger partial charge is 0.330 e. The average Bonchev–Trinajstić information content (AvgIpc) is 2.79. The zero-order chi connectivity index (χ0) is 20.6. The zero-order valence-corrected chi connectivity index (χ0v) is 15.3. The summed E-state index contributed by atoms with van der Waals surface area (Å²) in [6, 6.07) is 0.855. The van der Waals surface area contributed by atoms with Crippen molar-refractivity contribution in [2.75, 3.05) is 12.9 Å². The number of hydrogen-bond donors (Lipinski definition) is 1. The Labute approximate surface area is 152 Å². The van der Waals surface area contributed by atoms with Crippen molar-refractivity contribution >= 4 is 21.8 Å². The number of esters is 2. The Bertz CT molecular complexity index is 969. The first-order valence-electron chi connectivity index (χ1n) is 7.54. The molecule has 0 saturated carbocycles. The van der Waals surface area contributed by atoms with Crippen LogP contribution in [0.15, 0.2) is 21.9 Å². The fraction of sp³-hybridized carbons (Fsp3) is 0.571. The molecule has 1 aromatic rings. The van der Waals surface area contributed by atoms with Crippen LogP contribution in [0.2, 0.25) is 0 Å². The Hall–Kier alpha value is -2.54. The van der Waals surface area contributed by atoms with Gasteiger partial charge in [-0.1, -0.05) is 0 Å². The molecule has 13 heteroatoms. The summed E-state index contributed by atoms with van der Waals surface area (Å²) in [7, 11) is -4.65. The number of alkyl halides is 1. The number of sulfone groups is 1. The lowest BCUT2D eigenvalue weighted by Gasteiger charge is -2.29. The molecule has 1 aliphatic heterocycles. The third-order valence-electron chi connectivity index (χ3n) is 3.78. The van der Waals surface area contributed by atoms with Gasteiger partial charge in [0.05, 0.1) is 0 Å². The molecule has 4 atom stereocenters. The lowest BCUT2D eigenvalue weighted by molar-refractivity contribution is -0.157. The number of aromatic amines is 1. The van der Waals surface area contributed by atoms with Crippen LogP contribution in [-0.2, 0) is 33.6 Å². The van der Waals surface area contributed by atoms with Crippen LogP contribution in [-0.4, -0.2) is 60.0 Å². The number of aromatic nitrogens is 2. The molecule has 0 aromatic carbocycles. The Morgan fingerprint density at radius 1 is 1.33 bits per heavy atom. The molecular weight excluding hydrogens is 391 g/mol. The molecule has 2 rings (SSSR count). The number of H-pyrrole nitrogens is 1. The van der Waals surface area contributed by atoms with Gasteiger partial charge in [-0.3, -0.25) is 23.9 Å². The largest absolute Gasteiger partial charge is 0.463 e. The molecule has 0 spiro atoms.